The minimum Gasteiger partial charge on any atom is -0.478 e. The number of hydrogen-bond donors (Lipinski definition) is 2. The number of anilines is 1. The van der Waals surface area contributed by atoms with Gasteiger partial charge in [-0.05, 0) is 38.9 Å². The average Bonchev–Trinajstić information content (AvgIpc) is 2.90. The molecule has 1 aliphatic heterocycles. The van der Waals surface area contributed by atoms with E-state index in [9.17, 15) is 9.18 Å². The van der Waals surface area contributed by atoms with Crippen LogP contribution in [0.25, 0.3) is 0 Å². The monoisotopic (exact) mass is 267 g/mol. The zero-order chi connectivity index (χ0) is 13.8. The van der Waals surface area contributed by atoms with Gasteiger partial charge in [0.05, 0.1) is 0 Å². The Bertz CT molecular complexity index is 461. The SMILES string of the molecule is CC(CNc1nccc(C(=O)O)c1F)N1CCCC1. The molecule has 6 heteroatoms. The fraction of sp³-hybridized carbons (Fsp3) is 0.538. The Hall–Kier alpha value is -1.69. The van der Waals surface area contributed by atoms with Gasteiger partial charge in [0, 0.05) is 18.8 Å². The van der Waals surface area contributed by atoms with Crippen LogP contribution in [0, 0.1) is 5.82 Å². The number of likely N-dealkylation sites (tertiary alicyclic amines) is 1. The smallest absolute Gasteiger partial charge is 0.338 e. The Morgan fingerprint density at radius 1 is 1.58 bits per heavy atom. The van der Waals surface area contributed by atoms with E-state index >= 15 is 0 Å². The van der Waals surface area contributed by atoms with Crippen molar-refractivity contribution >= 4 is 11.8 Å². The van der Waals surface area contributed by atoms with Crippen molar-refractivity contribution in [3.63, 3.8) is 0 Å². The minimum absolute atomic E-state index is 0.00551. The molecule has 5 nitrogen and oxygen atoms in total. The van der Waals surface area contributed by atoms with Gasteiger partial charge >= 0.3 is 5.97 Å². The highest BCUT2D eigenvalue weighted by Crippen LogP contribution is 2.16. The molecule has 0 radical (unpaired) electrons. The molecule has 0 aromatic carbocycles. The molecule has 104 valence electrons. The number of pyridine rings is 1. The first kappa shape index (κ1) is 13.7. The second-order valence-electron chi connectivity index (χ2n) is 4.80. The highest BCUT2D eigenvalue weighted by Gasteiger charge is 2.19. The van der Waals surface area contributed by atoms with Crippen molar-refractivity contribution in [1.29, 1.82) is 0 Å². The molecule has 19 heavy (non-hydrogen) atoms. The number of carboxylic acid groups (broad SMARTS) is 1. The van der Waals surface area contributed by atoms with Crippen LogP contribution in [0.2, 0.25) is 0 Å². The first-order valence-electron chi connectivity index (χ1n) is 6.45. The maximum absolute atomic E-state index is 13.8. The van der Waals surface area contributed by atoms with E-state index in [0.717, 1.165) is 19.2 Å². The Kier molecular flexibility index (Phi) is 4.31. The maximum atomic E-state index is 13.8. The minimum atomic E-state index is -1.28. The fourth-order valence-corrected chi connectivity index (χ4v) is 2.29. The van der Waals surface area contributed by atoms with E-state index in [1.54, 1.807) is 0 Å². The molecule has 0 amide bonds. The summed E-state index contributed by atoms with van der Waals surface area (Å²) in [6.45, 7) is 4.74. The molecule has 1 unspecified atom stereocenters. The van der Waals surface area contributed by atoms with Crippen molar-refractivity contribution in [3.05, 3.63) is 23.6 Å². The summed E-state index contributed by atoms with van der Waals surface area (Å²) >= 11 is 0. The Balaban J connectivity index is 1.99. The van der Waals surface area contributed by atoms with E-state index in [-0.39, 0.29) is 17.4 Å². The molecule has 2 rings (SSSR count). The van der Waals surface area contributed by atoms with Gasteiger partial charge in [-0.1, -0.05) is 0 Å². The van der Waals surface area contributed by atoms with Crippen LogP contribution in [0.15, 0.2) is 12.3 Å². The lowest BCUT2D eigenvalue weighted by molar-refractivity contribution is 0.0692. The lowest BCUT2D eigenvalue weighted by Crippen LogP contribution is -2.35. The summed E-state index contributed by atoms with van der Waals surface area (Å²) in [5.74, 6) is -2.08. The molecule has 1 atom stereocenters. The fourth-order valence-electron chi connectivity index (χ4n) is 2.29. The highest BCUT2D eigenvalue weighted by molar-refractivity contribution is 5.88. The Morgan fingerprint density at radius 3 is 2.89 bits per heavy atom. The van der Waals surface area contributed by atoms with Crippen molar-refractivity contribution < 1.29 is 14.3 Å². The molecule has 1 fully saturated rings. The van der Waals surface area contributed by atoms with Gasteiger partial charge in [-0.25, -0.2) is 14.2 Å². The number of aromatic nitrogens is 1. The quantitative estimate of drug-likeness (QED) is 0.852. The lowest BCUT2D eigenvalue weighted by atomic mass is 10.2. The van der Waals surface area contributed by atoms with E-state index in [1.807, 2.05) is 0 Å². The Labute approximate surface area is 111 Å². The van der Waals surface area contributed by atoms with Crippen LogP contribution in [0.1, 0.15) is 30.1 Å². The summed E-state index contributed by atoms with van der Waals surface area (Å²) in [6, 6.07) is 1.43. The van der Waals surface area contributed by atoms with Crippen LogP contribution in [0.5, 0.6) is 0 Å². The van der Waals surface area contributed by atoms with Crippen molar-refractivity contribution in [2.45, 2.75) is 25.8 Å². The van der Waals surface area contributed by atoms with Gasteiger partial charge in [0.1, 0.15) is 5.56 Å². The summed E-state index contributed by atoms with van der Waals surface area (Å²) in [6.07, 6.45) is 3.70. The molecule has 0 spiro atoms. The summed E-state index contributed by atoms with van der Waals surface area (Å²) in [5.41, 5.74) is -0.355. The molecule has 1 aromatic heterocycles. The van der Waals surface area contributed by atoms with Crippen LogP contribution in [0.3, 0.4) is 0 Å². The average molecular weight is 267 g/mol. The van der Waals surface area contributed by atoms with Crippen molar-refractivity contribution in [2.24, 2.45) is 0 Å². The van der Waals surface area contributed by atoms with E-state index in [1.165, 1.54) is 19.0 Å². The molecular formula is C13H18FN3O2. The predicted molar refractivity (Wildman–Crippen MR) is 69.9 cm³/mol. The summed E-state index contributed by atoms with van der Waals surface area (Å²) in [5, 5.41) is 11.7. The summed E-state index contributed by atoms with van der Waals surface area (Å²) in [7, 11) is 0. The normalized spacial score (nSPS) is 17.4. The second-order valence-corrected chi connectivity index (χ2v) is 4.80. The molecule has 2 N–H and O–H groups in total. The zero-order valence-corrected chi connectivity index (χ0v) is 10.9. The standard InChI is InChI=1S/C13H18FN3O2/c1-9(17-6-2-3-7-17)8-16-12-11(14)10(13(18)19)4-5-15-12/h4-5,9H,2-3,6-8H2,1H3,(H,15,16)(H,18,19). The van der Waals surface area contributed by atoms with Crippen molar-refractivity contribution in [2.75, 3.05) is 25.0 Å². The van der Waals surface area contributed by atoms with Crippen LogP contribution in [-0.2, 0) is 0 Å². The molecule has 1 saturated heterocycles. The predicted octanol–water partition coefficient (Wildman–Crippen LogP) is 1.82. The molecule has 0 saturated carbocycles. The van der Waals surface area contributed by atoms with E-state index in [2.05, 4.69) is 22.1 Å². The number of nitrogens with one attached hydrogen (secondary N) is 1. The van der Waals surface area contributed by atoms with Crippen LogP contribution < -0.4 is 5.32 Å². The largest absolute Gasteiger partial charge is 0.478 e. The van der Waals surface area contributed by atoms with Crippen molar-refractivity contribution in [1.82, 2.24) is 9.88 Å². The molecular weight excluding hydrogens is 249 g/mol. The van der Waals surface area contributed by atoms with Gasteiger partial charge in [0.25, 0.3) is 0 Å². The van der Waals surface area contributed by atoms with E-state index in [0.29, 0.717) is 6.54 Å². The second kappa shape index (κ2) is 5.97. The topological polar surface area (TPSA) is 65.5 Å². The molecule has 0 aliphatic carbocycles. The number of rotatable bonds is 5. The maximum Gasteiger partial charge on any atom is 0.338 e. The first-order valence-corrected chi connectivity index (χ1v) is 6.45. The van der Waals surface area contributed by atoms with Crippen LogP contribution in [0.4, 0.5) is 10.2 Å². The number of carboxylic acids is 1. The van der Waals surface area contributed by atoms with Gasteiger partial charge in [0.15, 0.2) is 11.6 Å². The van der Waals surface area contributed by atoms with Crippen molar-refractivity contribution in [3.8, 4) is 0 Å². The first-order chi connectivity index (χ1) is 9.09. The number of nitrogens with zero attached hydrogens (tertiary/aromatic N) is 2. The molecule has 2 heterocycles. The molecule has 1 aliphatic rings. The summed E-state index contributed by atoms with van der Waals surface area (Å²) in [4.78, 5) is 17.0. The third-order valence-corrected chi connectivity index (χ3v) is 3.45. The number of carbonyl (C=O) groups is 1. The highest BCUT2D eigenvalue weighted by atomic mass is 19.1. The number of halogens is 1. The summed E-state index contributed by atoms with van der Waals surface area (Å²) < 4.78 is 13.8. The van der Waals surface area contributed by atoms with Crippen LogP contribution >= 0.6 is 0 Å². The van der Waals surface area contributed by atoms with Gasteiger partial charge in [-0.2, -0.15) is 0 Å². The third kappa shape index (κ3) is 3.20. The molecule has 1 aromatic rings. The van der Waals surface area contributed by atoms with Gasteiger partial charge in [0.2, 0.25) is 0 Å². The number of hydrogen-bond acceptors (Lipinski definition) is 4. The van der Waals surface area contributed by atoms with E-state index < -0.39 is 11.8 Å². The van der Waals surface area contributed by atoms with Gasteiger partial charge in [-0.15, -0.1) is 0 Å². The van der Waals surface area contributed by atoms with Gasteiger partial charge in [-0.3, -0.25) is 4.90 Å². The lowest BCUT2D eigenvalue weighted by Gasteiger charge is -2.24. The van der Waals surface area contributed by atoms with Gasteiger partial charge < -0.3 is 10.4 Å². The third-order valence-electron chi connectivity index (χ3n) is 3.45. The van der Waals surface area contributed by atoms with Crippen LogP contribution in [-0.4, -0.2) is 46.6 Å². The number of aromatic carboxylic acids is 1. The van der Waals surface area contributed by atoms with E-state index in [4.69, 9.17) is 5.11 Å². The molecule has 0 bridgehead atoms. The zero-order valence-electron chi connectivity index (χ0n) is 10.9. The Morgan fingerprint density at radius 2 is 2.26 bits per heavy atom.